The van der Waals surface area contributed by atoms with Crippen LogP contribution < -0.4 is 9.47 Å². The van der Waals surface area contributed by atoms with Gasteiger partial charge in [0.05, 0.1) is 12.7 Å². The van der Waals surface area contributed by atoms with Crippen molar-refractivity contribution in [1.82, 2.24) is 0 Å². The van der Waals surface area contributed by atoms with Gasteiger partial charge in [0, 0.05) is 12.1 Å². The van der Waals surface area contributed by atoms with Crippen LogP contribution in [0.3, 0.4) is 0 Å². The number of carboxylic acids is 1. The van der Waals surface area contributed by atoms with Gasteiger partial charge in [-0.2, -0.15) is 0 Å². The van der Waals surface area contributed by atoms with Gasteiger partial charge >= 0.3 is 5.97 Å². The van der Waals surface area contributed by atoms with Gasteiger partial charge in [0.1, 0.15) is 18.1 Å². The van der Waals surface area contributed by atoms with Crippen LogP contribution in [0.5, 0.6) is 11.5 Å². The molecule has 0 radical (unpaired) electrons. The number of carbonyl (C=O) groups is 1. The zero-order valence-corrected chi connectivity index (χ0v) is 17.3. The predicted molar refractivity (Wildman–Crippen MR) is 116 cm³/mol. The topological polar surface area (TPSA) is 85.2 Å². The Balaban J connectivity index is 1.76. The molecular weight excluding hydrogens is 384 g/mol. The molecular formula is C24H30O6. The molecule has 0 amide bonds. The minimum atomic E-state index is -0.970. The molecule has 0 bridgehead atoms. The summed E-state index contributed by atoms with van der Waals surface area (Å²) < 4.78 is 11.6. The highest BCUT2D eigenvalue weighted by Gasteiger charge is 2.08. The second-order valence-electron chi connectivity index (χ2n) is 7.04. The molecule has 0 spiro atoms. The highest BCUT2D eigenvalue weighted by atomic mass is 17.1. The third kappa shape index (κ3) is 9.11. The number of ether oxygens (including phenoxy) is 2. The van der Waals surface area contributed by atoms with Crippen molar-refractivity contribution in [3.05, 3.63) is 65.7 Å². The molecule has 2 aromatic rings. The molecule has 0 aliphatic rings. The molecule has 162 valence electrons. The first-order chi connectivity index (χ1) is 14.6. The van der Waals surface area contributed by atoms with Crippen LogP contribution in [-0.4, -0.2) is 29.0 Å². The third-order valence-electron chi connectivity index (χ3n) is 4.58. The van der Waals surface area contributed by atoms with E-state index in [1.54, 1.807) is 6.08 Å². The SMILES string of the molecule is CCCCC(CCCOc1cccc(OCc2ccc(C=CC(=O)O)cc2)c1)OO. The number of carboxylic acid groups (broad SMARTS) is 1. The summed E-state index contributed by atoms with van der Waals surface area (Å²) in [4.78, 5) is 15.1. The Morgan fingerprint density at radius 2 is 1.73 bits per heavy atom. The third-order valence-corrected chi connectivity index (χ3v) is 4.58. The Kier molecular flexibility index (Phi) is 10.5. The van der Waals surface area contributed by atoms with Crippen LogP contribution in [0, 0.1) is 0 Å². The second-order valence-corrected chi connectivity index (χ2v) is 7.04. The Hall–Kier alpha value is -2.83. The smallest absolute Gasteiger partial charge is 0.328 e. The maximum absolute atomic E-state index is 10.6. The summed E-state index contributed by atoms with van der Waals surface area (Å²) in [7, 11) is 0. The van der Waals surface area contributed by atoms with Crippen LogP contribution in [0.1, 0.15) is 50.2 Å². The standard InChI is InChI=1S/C24H30O6/c1-2-3-6-21(30-27)9-5-16-28-22-7-4-8-23(17-22)29-18-20-12-10-19(11-13-20)14-15-24(25)26/h4,7-8,10-15,17,21,27H,2-3,5-6,9,16,18H2,1H3,(H,25,26). The molecule has 1 unspecified atom stereocenters. The Morgan fingerprint density at radius 3 is 2.40 bits per heavy atom. The summed E-state index contributed by atoms with van der Waals surface area (Å²) in [5, 5.41) is 17.6. The molecule has 2 N–H and O–H groups in total. The van der Waals surface area contributed by atoms with Crippen molar-refractivity contribution < 1.29 is 29.5 Å². The number of hydrogen-bond donors (Lipinski definition) is 2. The van der Waals surface area contributed by atoms with Crippen LogP contribution >= 0.6 is 0 Å². The monoisotopic (exact) mass is 414 g/mol. The number of aliphatic carboxylic acids is 1. The largest absolute Gasteiger partial charge is 0.493 e. The second kappa shape index (κ2) is 13.4. The molecule has 30 heavy (non-hydrogen) atoms. The van der Waals surface area contributed by atoms with E-state index in [4.69, 9.17) is 19.8 Å². The van der Waals surface area contributed by atoms with Gasteiger partial charge in [0.25, 0.3) is 0 Å². The molecule has 2 aromatic carbocycles. The summed E-state index contributed by atoms with van der Waals surface area (Å²) in [6.07, 6.45) is 7.04. The fraction of sp³-hybridized carbons (Fsp3) is 0.375. The van der Waals surface area contributed by atoms with Gasteiger partial charge < -0.3 is 14.6 Å². The lowest BCUT2D eigenvalue weighted by atomic mass is 10.1. The van der Waals surface area contributed by atoms with Crippen molar-refractivity contribution in [2.75, 3.05) is 6.61 Å². The summed E-state index contributed by atoms with van der Waals surface area (Å²) in [6.45, 7) is 3.06. The van der Waals surface area contributed by atoms with E-state index in [0.717, 1.165) is 55.1 Å². The Morgan fingerprint density at radius 1 is 1.03 bits per heavy atom. The average Bonchev–Trinajstić information content (AvgIpc) is 2.77. The average molecular weight is 414 g/mol. The lowest BCUT2D eigenvalue weighted by molar-refractivity contribution is -0.281. The zero-order valence-electron chi connectivity index (χ0n) is 17.3. The summed E-state index contributed by atoms with van der Waals surface area (Å²) >= 11 is 0. The molecule has 6 heteroatoms. The van der Waals surface area contributed by atoms with E-state index < -0.39 is 5.97 Å². The van der Waals surface area contributed by atoms with Gasteiger partial charge in [-0.3, -0.25) is 5.26 Å². The number of hydrogen-bond acceptors (Lipinski definition) is 5. The minimum absolute atomic E-state index is 0.130. The van der Waals surface area contributed by atoms with Crippen LogP contribution in [0.4, 0.5) is 0 Å². The normalized spacial score (nSPS) is 12.1. The molecule has 2 rings (SSSR count). The summed E-state index contributed by atoms with van der Waals surface area (Å²) in [6, 6.07) is 15.0. The number of benzene rings is 2. The van der Waals surface area contributed by atoms with Crippen molar-refractivity contribution in [3.8, 4) is 11.5 Å². The molecule has 0 aromatic heterocycles. The lowest BCUT2D eigenvalue weighted by Crippen LogP contribution is -2.12. The highest BCUT2D eigenvalue weighted by molar-refractivity contribution is 5.85. The van der Waals surface area contributed by atoms with Gasteiger partial charge in [-0.1, -0.05) is 50.1 Å². The first kappa shape index (κ1) is 23.4. The molecule has 0 aliphatic heterocycles. The van der Waals surface area contributed by atoms with E-state index >= 15 is 0 Å². The van der Waals surface area contributed by atoms with E-state index in [0.29, 0.717) is 19.0 Å². The first-order valence-corrected chi connectivity index (χ1v) is 10.3. The predicted octanol–water partition coefficient (Wildman–Crippen LogP) is 5.57. The van der Waals surface area contributed by atoms with E-state index in [1.165, 1.54) is 0 Å². The minimum Gasteiger partial charge on any atom is -0.493 e. The van der Waals surface area contributed by atoms with Gasteiger partial charge in [-0.25, -0.2) is 9.68 Å². The van der Waals surface area contributed by atoms with Crippen molar-refractivity contribution in [3.63, 3.8) is 0 Å². The summed E-state index contributed by atoms with van der Waals surface area (Å²) in [5.74, 6) is 0.473. The molecule has 0 heterocycles. The maximum atomic E-state index is 10.6. The van der Waals surface area contributed by atoms with E-state index in [1.807, 2.05) is 48.5 Å². The highest BCUT2D eigenvalue weighted by Crippen LogP contribution is 2.21. The van der Waals surface area contributed by atoms with Crippen LogP contribution in [0.2, 0.25) is 0 Å². The first-order valence-electron chi connectivity index (χ1n) is 10.3. The van der Waals surface area contributed by atoms with Gasteiger partial charge in [0.2, 0.25) is 0 Å². The van der Waals surface area contributed by atoms with E-state index in [-0.39, 0.29) is 6.10 Å². The van der Waals surface area contributed by atoms with Crippen LogP contribution in [0.15, 0.2) is 54.6 Å². The van der Waals surface area contributed by atoms with Crippen molar-refractivity contribution in [1.29, 1.82) is 0 Å². The molecule has 0 fully saturated rings. The molecule has 0 aliphatic carbocycles. The van der Waals surface area contributed by atoms with Crippen molar-refractivity contribution in [2.24, 2.45) is 0 Å². The van der Waals surface area contributed by atoms with E-state index in [2.05, 4.69) is 11.8 Å². The number of unbranched alkanes of at least 4 members (excludes halogenated alkanes) is 1. The van der Waals surface area contributed by atoms with Gasteiger partial charge in [-0.05, 0) is 48.6 Å². The molecule has 0 saturated carbocycles. The zero-order chi connectivity index (χ0) is 21.6. The molecule has 6 nitrogen and oxygen atoms in total. The van der Waals surface area contributed by atoms with Gasteiger partial charge in [0.15, 0.2) is 0 Å². The van der Waals surface area contributed by atoms with Gasteiger partial charge in [-0.15, -0.1) is 0 Å². The fourth-order valence-electron chi connectivity index (χ4n) is 2.90. The molecule has 1 atom stereocenters. The fourth-order valence-corrected chi connectivity index (χ4v) is 2.90. The van der Waals surface area contributed by atoms with E-state index in [9.17, 15) is 4.79 Å². The van der Waals surface area contributed by atoms with Crippen molar-refractivity contribution in [2.45, 2.75) is 51.7 Å². The van der Waals surface area contributed by atoms with Crippen LogP contribution in [-0.2, 0) is 16.3 Å². The quantitative estimate of drug-likeness (QED) is 0.182. The maximum Gasteiger partial charge on any atom is 0.328 e. The number of rotatable bonds is 14. The summed E-state index contributed by atoms with van der Waals surface area (Å²) in [5.41, 5.74) is 1.80. The Labute approximate surface area is 177 Å². The Bertz CT molecular complexity index is 785. The lowest BCUT2D eigenvalue weighted by Gasteiger charge is -2.13. The van der Waals surface area contributed by atoms with Crippen molar-refractivity contribution >= 4 is 12.0 Å². The van der Waals surface area contributed by atoms with Crippen LogP contribution in [0.25, 0.3) is 6.08 Å². The molecule has 0 saturated heterocycles.